The summed E-state index contributed by atoms with van der Waals surface area (Å²) in [5.41, 5.74) is -0.970. The van der Waals surface area contributed by atoms with Crippen molar-refractivity contribution in [1.29, 1.82) is 0 Å². The molecule has 0 atom stereocenters. The van der Waals surface area contributed by atoms with Crippen LogP contribution in [0.3, 0.4) is 0 Å². The van der Waals surface area contributed by atoms with Gasteiger partial charge in [-0.3, -0.25) is 4.55 Å². The Balaban J connectivity index is 2.01. The minimum atomic E-state index is -4.19. The summed E-state index contributed by atoms with van der Waals surface area (Å²) in [6.07, 6.45) is -2.00. The van der Waals surface area contributed by atoms with Crippen LogP contribution < -0.4 is 19.7 Å². The Hall–Kier alpha value is -4.22. The number of imide groups is 1. The highest BCUT2D eigenvalue weighted by atomic mass is 32.2. The van der Waals surface area contributed by atoms with Crippen molar-refractivity contribution >= 4 is 67.7 Å². The van der Waals surface area contributed by atoms with Gasteiger partial charge in [0.05, 0.1) is 10.5 Å². The predicted molar refractivity (Wildman–Crippen MR) is 201 cm³/mol. The number of fused-ring (bicyclic) bond motifs is 1. The maximum atomic E-state index is 13.6. The Bertz CT molecular complexity index is 1950. The molecule has 4 rings (SSSR count). The lowest BCUT2D eigenvalue weighted by Crippen LogP contribution is -2.68. The molecule has 0 bridgehead atoms. The van der Waals surface area contributed by atoms with Crippen LogP contribution >= 0.6 is 11.3 Å². The molecule has 0 saturated heterocycles. The summed E-state index contributed by atoms with van der Waals surface area (Å²) in [4.78, 5) is 32.7. The normalized spacial score (nSPS) is 12.5. The highest BCUT2D eigenvalue weighted by Gasteiger charge is 2.52. The Morgan fingerprint density at radius 2 is 1.34 bits per heavy atom. The van der Waals surface area contributed by atoms with Crippen molar-refractivity contribution < 1.29 is 36.5 Å². The van der Waals surface area contributed by atoms with E-state index >= 15 is 0 Å². The zero-order valence-electron chi connectivity index (χ0n) is 29.9. The number of carbonyl (C=O) groups excluding carboxylic acids is 2. The molecule has 0 aliphatic carbocycles. The van der Waals surface area contributed by atoms with Gasteiger partial charge in [0.1, 0.15) is 22.5 Å². The first-order valence-corrected chi connectivity index (χ1v) is 20.4. The number of nitrogens with zero attached hydrogens (tertiary/aromatic N) is 2. The third-order valence-electron chi connectivity index (χ3n) is 7.19. The fourth-order valence-corrected chi connectivity index (χ4v) is 11.0. The highest BCUT2D eigenvalue weighted by Crippen LogP contribution is 2.42. The molecule has 0 aliphatic heterocycles. The molecule has 0 radical (unpaired) electrons. The molecule has 266 valence electrons. The molecule has 0 spiro atoms. The second-order valence-electron chi connectivity index (χ2n) is 14.7. The van der Waals surface area contributed by atoms with Gasteiger partial charge in [-0.1, -0.05) is 105 Å². The average Bonchev–Trinajstić information content (AvgIpc) is 3.39. The van der Waals surface area contributed by atoms with Crippen molar-refractivity contribution in [2.24, 2.45) is 0 Å². The number of hydrogen-bond acceptors (Lipinski definition) is 9. The minimum absolute atomic E-state index is 0.00674. The van der Waals surface area contributed by atoms with Gasteiger partial charge in [0.15, 0.2) is 0 Å². The van der Waals surface area contributed by atoms with Crippen molar-refractivity contribution in [3.8, 4) is 17.6 Å². The summed E-state index contributed by atoms with van der Waals surface area (Å²) in [7, 11) is -7.41. The fraction of sp³-hybridized carbons (Fsp3) is 0.378. The molecular weight excluding hydrogens is 693 g/mol. The summed E-state index contributed by atoms with van der Waals surface area (Å²) in [6, 6.07) is 23.5. The summed E-state index contributed by atoms with van der Waals surface area (Å²) in [5.74, 6) is 5.66. The number of ether oxygens (including phenoxy) is 2. The van der Waals surface area contributed by atoms with Crippen molar-refractivity contribution in [2.45, 2.75) is 85.0 Å². The topological polar surface area (TPSA) is 132 Å². The Morgan fingerprint density at radius 1 is 0.840 bits per heavy atom. The van der Waals surface area contributed by atoms with Gasteiger partial charge in [0.2, 0.25) is 5.13 Å². The molecule has 1 N–H and O–H groups in total. The lowest BCUT2D eigenvalue weighted by molar-refractivity contribution is 0.0430. The number of amides is 2. The molecule has 3 aromatic carbocycles. The Labute approximate surface area is 299 Å². The van der Waals surface area contributed by atoms with E-state index in [0.717, 1.165) is 26.6 Å². The maximum Gasteiger partial charge on any atom is 0.426 e. The van der Waals surface area contributed by atoms with Crippen molar-refractivity contribution in [3.63, 3.8) is 0 Å². The van der Waals surface area contributed by atoms with Crippen LogP contribution in [-0.4, -0.2) is 55.4 Å². The zero-order chi connectivity index (χ0) is 37.1. The molecule has 10 nitrogen and oxygen atoms in total. The van der Waals surface area contributed by atoms with Crippen LogP contribution in [0.15, 0.2) is 72.8 Å². The second-order valence-corrected chi connectivity index (χ2v) is 21.5. The van der Waals surface area contributed by atoms with E-state index in [1.165, 1.54) is 0 Å². The van der Waals surface area contributed by atoms with Gasteiger partial charge in [-0.25, -0.2) is 14.6 Å². The van der Waals surface area contributed by atoms with E-state index < -0.39 is 52.6 Å². The van der Waals surface area contributed by atoms with E-state index in [1.54, 1.807) is 53.7 Å². The number of carbonyl (C=O) groups is 2. The van der Waals surface area contributed by atoms with Crippen LogP contribution in [0.4, 0.5) is 14.7 Å². The first kappa shape index (κ1) is 38.6. The molecular formula is C37H44N2O8S2Si. The van der Waals surface area contributed by atoms with Gasteiger partial charge in [-0.2, -0.15) is 13.3 Å². The third-order valence-corrected chi connectivity index (χ3v) is 13.8. The predicted octanol–water partition coefficient (Wildman–Crippen LogP) is 7.54. The van der Waals surface area contributed by atoms with Crippen molar-refractivity contribution in [1.82, 2.24) is 4.98 Å². The van der Waals surface area contributed by atoms with Gasteiger partial charge in [0.25, 0.3) is 10.1 Å². The van der Waals surface area contributed by atoms with E-state index in [4.69, 9.17) is 18.9 Å². The summed E-state index contributed by atoms with van der Waals surface area (Å²) in [6.45, 7) is 16.6. The molecule has 13 heteroatoms. The van der Waals surface area contributed by atoms with E-state index in [9.17, 15) is 22.6 Å². The fourth-order valence-electron chi connectivity index (χ4n) is 5.24. The number of aromatic nitrogens is 1. The first-order chi connectivity index (χ1) is 23.1. The van der Waals surface area contributed by atoms with E-state index in [-0.39, 0.29) is 11.6 Å². The Kier molecular flexibility index (Phi) is 11.2. The second kappa shape index (κ2) is 14.6. The maximum absolute atomic E-state index is 13.6. The van der Waals surface area contributed by atoms with Gasteiger partial charge in [0, 0.05) is 12.0 Å². The summed E-state index contributed by atoms with van der Waals surface area (Å²) < 4.78 is 51.0. The molecule has 0 aliphatic rings. The molecule has 1 heterocycles. The molecule has 0 fully saturated rings. The van der Waals surface area contributed by atoms with E-state index in [0.29, 0.717) is 21.5 Å². The standard InChI is InChI=1S/C37H44N2O8S2Si/c1-35(2,3)45-33(40)39(34(41)46-36(4,5)6)32-38-31-29(24-26(25-30(31)48-32)18-16-17-23-49(42,43)44)47-50(37(7,8)9,27-19-12-10-13-20-27)28-21-14-11-15-22-28/h10-15,19-22,24-25H,17,23H2,1-9H3,(H,42,43,44). The van der Waals surface area contributed by atoms with Gasteiger partial charge in [-0.05, 0) is 69.1 Å². The van der Waals surface area contributed by atoms with Crippen LogP contribution in [0.5, 0.6) is 5.75 Å². The number of hydrogen-bond donors (Lipinski definition) is 1. The van der Waals surface area contributed by atoms with Crippen LogP contribution in [0, 0.1) is 11.8 Å². The van der Waals surface area contributed by atoms with E-state index in [1.807, 2.05) is 36.4 Å². The smallest absolute Gasteiger partial charge is 0.426 e. The first-order valence-electron chi connectivity index (χ1n) is 16.0. The van der Waals surface area contributed by atoms with Crippen molar-refractivity contribution in [2.75, 3.05) is 10.7 Å². The van der Waals surface area contributed by atoms with Gasteiger partial charge in [-0.15, -0.1) is 0 Å². The molecule has 0 saturated carbocycles. The quantitative estimate of drug-likeness (QED) is 0.116. The van der Waals surface area contributed by atoms with Crippen LogP contribution in [0.2, 0.25) is 5.04 Å². The summed E-state index contributed by atoms with van der Waals surface area (Å²) >= 11 is 1.06. The third kappa shape index (κ3) is 9.51. The molecule has 50 heavy (non-hydrogen) atoms. The van der Waals surface area contributed by atoms with Gasteiger partial charge < -0.3 is 13.9 Å². The van der Waals surface area contributed by atoms with Gasteiger partial charge >= 0.3 is 20.5 Å². The largest absolute Gasteiger partial charge is 0.532 e. The molecule has 4 aromatic rings. The average molecular weight is 737 g/mol. The van der Waals surface area contributed by atoms with Crippen LogP contribution in [0.1, 0.15) is 74.3 Å². The molecule has 0 unspecified atom stereocenters. The lowest BCUT2D eigenvalue weighted by atomic mass is 10.2. The monoisotopic (exact) mass is 736 g/mol. The van der Waals surface area contributed by atoms with Crippen molar-refractivity contribution in [3.05, 3.63) is 78.4 Å². The van der Waals surface area contributed by atoms with Crippen LogP contribution in [-0.2, 0) is 19.6 Å². The summed E-state index contributed by atoms with van der Waals surface area (Å²) in [5, 5.41) is 1.61. The number of rotatable bonds is 7. The molecule has 1 aromatic heterocycles. The number of thiazole rings is 1. The van der Waals surface area contributed by atoms with Crippen LogP contribution in [0.25, 0.3) is 10.2 Å². The minimum Gasteiger partial charge on any atom is -0.532 e. The molecule has 2 amide bonds. The SMILES string of the molecule is CC(C)(C)OC(=O)N(C(=O)OC(C)(C)C)c1nc2c(O[Si](c3ccccc3)(c3ccccc3)C(C)(C)C)cc(C#CCCS(=O)(=O)O)cc2s1. The number of anilines is 1. The lowest BCUT2D eigenvalue weighted by Gasteiger charge is -2.43. The highest BCUT2D eigenvalue weighted by molar-refractivity contribution is 7.85. The number of benzene rings is 3. The zero-order valence-corrected chi connectivity index (χ0v) is 32.5. The van der Waals surface area contributed by atoms with E-state index in [2.05, 4.69) is 56.9 Å². The Morgan fingerprint density at radius 3 is 1.78 bits per heavy atom.